The van der Waals surface area contributed by atoms with Crippen LogP contribution in [-0.4, -0.2) is 31.7 Å². The van der Waals surface area contributed by atoms with Gasteiger partial charge in [0.2, 0.25) is 0 Å². The molecule has 144 valence electrons. The number of nitrogens with zero attached hydrogens (tertiary/aromatic N) is 2. The number of nitro benzene ring substituents is 1. The Morgan fingerprint density at radius 3 is 2.52 bits per heavy atom. The summed E-state index contributed by atoms with van der Waals surface area (Å²) < 4.78 is 48.9. The van der Waals surface area contributed by atoms with Crippen LogP contribution in [0.3, 0.4) is 0 Å². The molecule has 1 unspecified atom stereocenters. The van der Waals surface area contributed by atoms with E-state index in [1.165, 1.54) is 25.3 Å². The van der Waals surface area contributed by atoms with E-state index in [-0.39, 0.29) is 11.4 Å². The molecule has 0 spiro atoms. The number of ether oxygens (including phenoxy) is 2. The molecule has 0 amide bonds. The fourth-order valence-electron chi connectivity index (χ4n) is 2.99. The molecule has 1 atom stereocenters. The van der Waals surface area contributed by atoms with E-state index >= 15 is 0 Å². The van der Waals surface area contributed by atoms with Crippen LogP contribution >= 0.6 is 0 Å². The first-order valence-electron chi connectivity index (χ1n) is 8.15. The first kappa shape index (κ1) is 19.0. The zero-order valence-electron chi connectivity index (χ0n) is 14.4. The fourth-order valence-corrected chi connectivity index (χ4v) is 2.99. The lowest BCUT2D eigenvalue weighted by atomic mass is 10.0. The third kappa shape index (κ3) is 4.13. The highest BCUT2D eigenvalue weighted by Gasteiger charge is 2.31. The van der Waals surface area contributed by atoms with E-state index in [2.05, 4.69) is 0 Å². The molecule has 1 saturated heterocycles. The summed E-state index contributed by atoms with van der Waals surface area (Å²) in [5.41, 5.74) is 0.520. The Morgan fingerprint density at radius 1 is 1.22 bits per heavy atom. The van der Waals surface area contributed by atoms with Crippen molar-refractivity contribution < 1.29 is 27.6 Å². The van der Waals surface area contributed by atoms with Gasteiger partial charge >= 0.3 is 11.9 Å². The Balaban J connectivity index is 1.79. The molecule has 1 heterocycles. The van der Waals surface area contributed by atoms with Gasteiger partial charge in [-0.2, -0.15) is 13.2 Å². The number of hydrogen-bond acceptors (Lipinski definition) is 5. The van der Waals surface area contributed by atoms with Crippen molar-refractivity contribution >= 4 is 11.4 Å². The molecule has 0 radical (unpaired) electrons. The summed E-state index contributed by atoms with van der Waals surface area (Å²) in [6, 6.07) is 9.46. The van der Waals surface area contributed by atoms with Crippen LogP contribution < -0.4 is 9.64 Å². The van der Waals surface area contributed by atoms with E-state index in [4.69, 9.17) is 9.47 Å². The number of morpholine rings is 1. The largest absolute Gasteiger partial charge is 0.490 e. The molecule has 9 heteroatoms. The molecule has 0 aliphatic carbocycles. The summed E-state index contributed by atoms with van der Waals surface area (Å²) in [6.07, 6.45) is -4.78. The van der Waals surface area contributed by atoms with Gasteiger partial charge in [-0.3, -0.25) is 10.1 Å². The lowest BCUT2D eigenvalue weighted by Crippen LogP contribution is -2.38. The number of benzene rings is 2. The van der Waals surface area contributed by atoms with E-state index in [0.29, 0.717) is 25.3 Å². The second-order valence-corrected chi connectivity index (χ2v) is 6.04. The standard InChI is InChI=1S/C18H17F3N2O4/c1-26-16-10-14(6-7-15(16)23(24)25)22-8-9-27-17(11-22)12-2-4-13(5-3-12)18(19,20)21/h2-7,10,17H,8-9,11H2,1H3. The third-order valence-corrected chi connectivity index (χ3v) is 4.40. The molecule has 2 aromatic rings. The van der Waals surface area contributed by atoms with Gasteiger partial charge in [0.25, 0.3) is 0 Å². The molecule has 0 saturated carbocycles. The van der Waals surface area contributed by atoms with E-state index in [0.717, 1.165) is 17.8 Å². The van der Waals surface area contributed by atoms with Crippen molar-refractivity contribution in [2.45, 2.75) is 12.3 Å². The maximum absolute atomic E-state index is 12.7. The molecule has 3 rings (SSSR count). The maximum atomic E-state index is 12.7. The SMILES string of the molecule is COc1cc(N2CCOC(c3ccc(C(F)(F)F)cc3)C2)ccc1[N+](=O)[O-]. The maximum Gasteiger partial charge on any atom is 0.416 e. The predicted molar refractivity (Wildman–Crippen MR) is 92.0 cm³/mol. The molecule has 0 N–H and O–H groups in total. The summed E-state index contributed by atoms with van der Waals surface area (Å²) in [5.74, 6) is 0.148. The zero-order chi connectivity index (χ0) is 19.6. The number of methoxy groups -OCH3 is 1. The monoisotopic (exact) mass is 382 g/mol. The molecule has 0 aromatic heterocycles. The third-order valence-electron chi connectivity index (χ3n) is 4.40. The molecule has 27 heavy (non-hydrogen) atoms. The highest BCUT2D eigenvalue weighted by Crippen LogP contribution is 2.34. The van der Waals surface area contributed by atoms with Crippen LogP contribution in [0.4, 0.5) is 24.5 Å². The first-order chi connectivity index (χ1) is 12.8. The van der Waals surface area contributed by atoms with Crippen molar-refractivity contribution in [1.29, 1.82) is 0 Å². The number of nitro groups is 1. The van der Waals surface area contributed by atoms with Gasteiger partial charge in [-0.15, -0.1) is 0 Å². The van der Waals surface area contributed by atoms with E-state index in [1.807, 2.05) is 4.90 Å². The fraction of sp³-hybridized carbons (Fsp3) is 0.333. The van der Waals surface area contributed by atoms with Gasteiger partial charge < -0.3 is 14.4 Å². The highest BCUT2D eigenvalue weighted by molar-refractivity contribution is 5.59. The Bertz CT molecular complexity index is 824. The Kier molecular flexibility index (Phi) is 5.22. The average molecular weight is 382 g/mol. The summed E-state index contributed by atoms with van der Waals surface area (Å²) >= 11 is 0. The van der Waals surface area contributed by atoms with Crippen LogP contribution in [0.5, 0.6) is 5.75 Å². The molecular formula is C18H17F3N2O4. The van der Waals surface area contributed by atoms with Crippen molar-refractivity contribution in [1.82, 2.24) is 0 Å². The van der Waals surface area contributed by atoms with Gasteiger partial charge in [-0.05, 0) is 23.8 Å². The van der Waals surface area contributed by atoms with Crippen LogP contribution in [0.1, 0.15) is 17.2 Å². The van der Waals surface area contributed by atoms with Crippen LogP contribution in [0.15, 0.2) is 42.5 Å². The summed E-state index contributed by atoms with van der Waals surface area (Å²) in [7, 11) is 1.36. The van der Waals surface area contributed by atoms with Crippen molar-refractivity contribution in [2.24, 2.45) is 0 Å². The Labute approximate surface area is 153 Å². The zero-order valence-corrected chi connectivity index (χ0v) is 14.4. The second-order valence-electron chi connectivity index (χ2n) is 6.04. The van der Waals surface area contributed by atoms with Crippen molar-refractivity contribution in [3.05, 3.63) is 63.7 Å². The van der Waals surface area contributed by atoms with Crippen molar-refractivity contribution in [3.63, 3.8) is 0 Å². The minimum absolute atomic E-state index is 0.131. The molecule has 1 aliphatic heterocycles. The summed E-state index contributed by atoms with van der Waals surface area (Å²) in [4.78, 5) is 12.5. The van der Waals surface area contributed by atoms with Gasteiger partial charge in [-0.25, -0.2) is 0 Å². The van der Waals surface area contributed by atoms with Crippen molar-refractivity contribution in [2.75, 3.05) is 31.7 Å². The van der Waals surface area contributed by atoms with Gasteiger partial charge in [0.15, 0.2) is 5.75 Å². The Hall–Kier alpha value is -2.81. The lowest BCUT2D eigenvalue weighted by Gasteiger charge is -2.35. The average Bonchev–Trinajstić information content (AvgIpc) is 2.67. The van der Waals surface area contributed by atoms with Gasteiger partial charge in [0.05, 0.1) is 24.2 Å². The van der Waals surface area contributed by atoms with Gasteiger partial charge in [0.1, 0.15) is 6.10 Å². The minimum atomic E-state index is -4.38. The normalized spacial score (nSPS) is 17.6. The number of rotatable bonds is 4. The second kappa shape index (κ2) is 7.43. The van der Waals surface area contributed by atoms with Crippen LogP contribution in [0.25, 0.3) is 0 Å². The first-order valence-corrected chi connectivity index (χ1v) is 8.15. The number of anilines is 1. The van der Waals surface area contributed by atoms with E-state index < -0.39 is 22.8 Å². The molecule has 1 fully saturated rings. The van der Waals surface area contributed by atoms with Gasteiger partial charge in [-0.1, -0.05) is 12.1 Å². The quantitative estimate of drug-likeness (QED) is 0.586. The predicted octanol–water partition coefficient (Wildman–Crippen LogP) is 4.20. The minimum Gasteiger partial charge on any atom is -0.490 e. The van der Waals surface area contributed by atoms with E-state index in [1.54, 1.807) is 12.1 Å². The lowest BCUT2D eigenvalue weighted by molar-refractivity contribution is -0.385. The molecule has 6 nitrogen and oxygen atoms in total. The van der Waals surface area contributed by atoms with Crippen LogP contribution in [0, 0.1) is 10.1 Å². The summed E-state index contributed by atoms with van der Waals surface area (Å²) in [6.45, 7) is 1.34. The molecule has 2 aromatic carbocycles. The van der Waals surface area contributed by atoms with Crippen LogP contribution in [-0.2, 0) is 10.9 Å². The molecule has 1 aliphatic rings. The number of hydrogen-bond donors (Lipinski definition) is 0. The van der Waals surface area contributed by atoms with E-state index in [9.17, 15) is 23.3 Å². The molecule has 0 bridgehead atoms. The smallest absolute Gasteiger partial charge is 0.416 e. The number of halogens is 3. The van der Waals surface area contributed by atoms with Crippen molar-refractivity contribution in [3.8, 4) is 5.75 Å². The Morgan fingerprint density at radius 2 is 1.93 bits per heavy atom. The number of alkyl halides is 3. The molecular weight excluding hydrogens is 365 g/mol. The topological polar surface area (TPSA) is 64.8 Å². The van der Waals surface area contributed by atoms with Gasteiger partial charge in [0, 0.05) is 30.9 Å². The van der Waals surface area contributed by atoms with Crippen LogP contribution in [0.2, 0.25) is 0 Å². The summed E-state index contributed by atoms with van der Waals surface area (Å²) in [5, 5.41) is 11.0. The highest BCUT2D eigenvalue weighted by atomic mass is 19.4.